The fourth-order valence-corrected chi connectivity index (χ4v) is 4.17. The van der Waals surface area contributed by atoms with Gasteiger partial charge in [0.25, 0.3) is 0 Å². The number of hydrogen-bond acceptors (Lipinski definition) is 5. The molecule has 4 aromatic rings. The van der Waals surface area contributed by atoms with Crippen LogP contribution in [0, 0.1) is 0 Å². The molecule has 2 amide bonds. The summed E-state index contributed by atoms with van der Waals surface area (Å²) >= 11 is 1.42. The number of nitrogens with two attached hydrogens (primary N) is 1. The van der Waals surface area contributed by atoms with Crippen molar-refractivity contribution >= 4 is 32.7 Å². The Morgan fingerprint density at radius 1 is 1.14 bits per heavy atom. The Hall–Kier alpha value is -3.45. The first kappa shape index (κ1) is 18.9. The molecule has 0 atom stereocenters. The van der Waals surface area contributed by atoms with Crippen LogP contribution in [0.3, 0.4) is 0 Å². The molecule has 0 saturated heterocycles. The van der Waals surface area contributed by atoms with Gasteiger partial charge in [-0.25, -0.2) is 9.78 Å². The average Bonchev–Trinajstić information content (AvgIpc) is 3.16. The molecule has 2 N–H and O–H groups in total. The van der Waals surface area contributed by atoms with E-state index in [4.69, 9.17) is 10.5 Å². The molecule has 2 aromatic carbocycles. The molecule has 0 bridgehead atoms. The Bertz CT molecular complexity index is 1130. The number of hydrogen-bond donors (Lipinski definition) is 1. The summed E-state index contributed by atoms with van der Waals surface area (Å²) in [7, 11) is 0. The molecule has 2 heterocycles. The van der Waals surface area contributed by atoms with Gasteiger partial charge in [0.1, 0.15) is 12.4 Å². The second kappa shape index (κ2) is 8.28. The number of carbonyl (C=O) groups is 1. The van der Waals surface area contributed by atoms with Gasteiger partial charge in [-0.15, -0.1) is 0 Å². The summed E-state index contributed by atoms with van der Waals surface area (Å²) in [6.45, 7) is 2.77. The highest BCUT2D eigenvalue weighted by atomic mass is 32.1. The third-order valence-corrected chi connectivity index (χ3v) is 5.58. The van der Waals surface area contributed by atoms with Crippen molar-refractivity contribution in [2.24, 2.45) is 5.73 Å². The Balaban J connectivity index is 1.78. The number of ether oxygens (including phenoxy) is 1. The van der Waals surface area contributed by atoms with Crippen LogP contribution >= 0.6 is 11.3 Å². The van der Waals surface area contributed by atoms with E-state index in [1.54, 1.807) is 6.20 Å². The number of benzene rings is 2. The second-order valence-corrected chi connectivity index (χ2v) is 7.36. The number of rotatable bonds is 6. The predicted molar refractivity (Wildman–Crippen MR) is 116 cm³/mol. The van der Waals surface area contributed by atoms with Crippen LogP contribution in [-0.2, 0) is 6.61 Å². The van der Waals surface area contributed by atoms with Gasteiger partial charge in [-0.3, -0.25) is 9.88 Å². The number of thiazole rings is 1. The van der Waals surface area contributed by atoms with Gasteiger partial charge >= 0.3 is 6.03 Å². The van der Waals surface area contributed by atoms with Crippen LogP contribution in [0.4, 0.5) is 9.93 Å². The fourth-order valence-electron chi connectivity index (χ4n) is 3.03. The van der Waals surface area contributed by atoms with Crippen molar-refractivity contribution in [3.8, 4) is 17.0 Å². The van der Waals surface area contributed by atoms with Gasteiger partial charge in [0.2, 0.25) is 0 Å². The van der Waals surface area contributed by atoms with E-state index in [0.29, 0.717) is 24.0 Å². The molecule has 2 aromatic heterocycles. The molecule has 0 aliphatic rings. The number of pyridine rings is 1. The third-order valence-electron chi connectivity index (χ3n) is 4.45. The summed E-state index contributed by atoms with van der Waals surface area (Å²) in [5, 5.41) is 0.562. The topological polar surface area (TPSA) is 81.3 Å². The number of urea groups is 1. The Kier molecular flexibility index (Phi) is 5.39. The average molecular weight is 404 g/mol. The smallest absolute Gasteiger partial charge is 0.321 e. The monoisotopic (exact) mass is 404 g/mol. The normalized spacial score (nSPS) is 10.8. The molecular formula is C22H20N4O2S. The van der Waals surface area contributed by atoms with E-state index in [-0.39, 0.29) is 0 Å². The zero-order chi connectivity index (χ0) is 20.2. The van der Waals surface area contributed by atoms with Gasteiger partial charge in [-0.2, -0.15) is 0 Å². The summed E-state index contributed by atoms with van der Waals surface area (Å²) < 4.78 is 6.97. The molecule has 0 spiro atoms. The highest BCUT2D eigenvalue weighted by Gasteiger charge is 2.19. The number of anilines is 1. The first-order valence-electron chi connectivity index (χ1n) is 9.25. The van der Waals surface area contributed by atoms with Gasteiger partial charge in [0.15, 0.2) is 5.13 Å². The minimum atomic E-state index is -0.522. The summed E-state index contributed by atoms with van der Waals surface area (Å²) in [4.78, 5) is 22.4. The van der Waals surface area contributed by atoms with Gasteiger partial charge in [0, 0.05) is 24.4 Å². The van der Waals surface area contributed by atoms with Crippen molar-refractivity contribution in [3.63, 3.8) is 0 Å². The maximum absolute atomic E-state index is 11.8. The van der Waals surface area contributed by atoms with Crippen LogP contribution in [0.5, 0.6) is 5.75 Å². The lowest BCUT2D eigenvalue weighted by Crippen LogP contribution is -2.35. The lowest BCUT2D eigenvalue weighted by molar-refractivity contribution is 0.254. The third kappa shape index (κ3) is 4.05. The Morgan fingerprint density at radius 3 is 2.62 bits per heavy atom. The van der Waals surface area contributed by atoms with E-state index >= 15 is 0 Å². The van der Waals surface area contributed by atoms with E-state index in [1.807, 2.05) is 67.6 Å². The number of aromatic nitrogens is 2. The molecule has 0 unspecified atom stereocenters. The molecule has 0 radical (unpaired) electrons. The quantitative estimate of drug-likeness (QED) is 0.498. The number of carbonyl (C=O) groups excluding carboxylic acids is 1. The standard InChI is InChI=1S/C22H20N4O2S/c1-2-26(21(23)27)22-25-19-13-16(28-14-15-8-4-3-5-9-15)12-17(20(19)29-22)18-10-6-7-11-24-18/h3-13H,2,14H2,1H3,(H2,23,27). The largest absolute Gasteiger partial charge is 0.489 e. The van der Waals surface area contributed by atoms with Crippen molar-refractivity contribution in [3.05, 3.63) is 72.4 Å². The molecule has 7 heteroatoms. The lowest BCUT2D eigenvalue weighted by Gasteiger charge is -2.13. The first-order chi connectivity index (χ1) is 14.2. The van der Waals surface area contributed by atoms with E-state index in [0.717, 1.165) is 27.0 Å². The number of nitrogens with zero attached hydrogens (tertiary/aromatic N) is 3. The predicted octanol–water partition coefficient (Wildman–Crippen LogP) is 4.84. The van der Waals surface area contributed by atoms with Gasteiger partial charge in [-0.1, -0.05) is 47.7 Å². The summed E-state index contributed by atoms with van der Waals surface area (Å²) in [6.07, 6.45) is 1.75. The summed E-state index contributed by atoms with van der Waals surface area (Å²) in [5.41, 5.74) is 9.07. The van der Waals surface area contributed by atoms with Crippen LogP contribution in [0.15, 0.2) is 66.9 Å². The van der Waals surface area contributed by atoms with Crippen molar-refractivity contribution in [2.45, 2.75) is 13.5 Å². The van der Waals surface area contributed by atoms with Gasteiger partial charge in [-0.05, 0) is 30.7 Å². The van der Waals surface area contributed by atoms with E-state index < -0.39 is 6.03 Å². The van der Waals surface area contributed by atoms with E-state index in [2.05, 4.69) is 9.97 Å². The molecule has 146 valence electrons. The molecule has 6 nitrogen and oxygen atoms in total. The zero-order valence-corrected chi connectivity index (χ0v) is 16.7. The molecule has 0 saturated carbocycles. The summed E-state index contributed by atoms with van der Waals surface area (Å²) in [6, 6.07) is 19.1. The first-order valence-corrected chi connectivity index (χ1v) is 10.1. The van der Waals surface area contributed by atoms with Crippen molar-refractivity contribution in [1.29, 1.82) is 0 Å². The van der Waals surface area contributed by atoms with Crippen LogP contribution in [0.2, 0.25) is 0 Å². The highest BCUT2D eigenvalue weighted by Crippen LogP contribution is 2.38. The summed E-state index contributed by atoms with van der Waals surface area (Å²) in [5.74, 6) is 0.695. The highest BCUT2D eigenvalue weighted by molar-refractivity contribution is 7.23. The van der Waals surface area contributed by atoms with E-state index in [1.165, 1.54) is 16.2 Å². The minimum Gasteiger partial charge on any atom is -0.489 e. The minimum absolute atomic E-state index is 0.450. The maximum atomic E-state index is 11.8. The van der Waals surface area contributed by atoms with Crippen molar-refractivity contribution in [2.75, 3.05) is 11.4 Å². The number of fused-ring (bicyclic) bond motifs is 1. The van der Waals surface area contributed by atoms with Gasteiger partial charge in [0.05, 0.1) is 15.9 Å². The SMILES string of the molecule is CCN(C(N)=O)c1nc2cc(OCc3ccccc3)cc(-c3ccccn3)c2s1. The number of primary amides is 1. The van der Waals surface area contributed by atoms with Crippen LogP contribution in [-0.4, -0.2) is 22.5 Å². The molecule has 0 aliphatic carbocycles. The maximum Gasteiger partial charge on any atom is 0.321 e. The van der Waals surface area contributed by atoms with Crippen LogP contribution in [0.1, 0.15) is 12.5 Å². The van der Waals surface area contributed by atoms with Crippen molar-refractivity contribution in [1.82, 2.24) is 9.97 Å². The fraction of sp³-hybridized carbons (Fsp3) is 0.136. The molecule has 0 aliphatic heterocycles. The molecule has 29 heavy (non-hydrogen) atoms. The van der Waals surface area contributed by atoms with Crippen molar-refractivity contribution < 1.29 is 9.53 Å². The van der Waals surface area contributed by atoms with Gasteiger partial charge < -0.3 is 10.5 Å². The van der Waals surface area contributed by atoms with E-state index in [9.17, 15) is 4.79 Å². The molecular weight excluding hydrogens is 384 g/mol. The molecule has 4 rings (SSSR count). The lowest BCUT2D eigenvalue weighted by atomic mass is 10.1. The zero-order valence-electron chi connectivity index (χ0n) is 15.9. The van der Waals surface area contributed by atoms with Crippen LogP contribution < -0.4 is 15.4 Å². The Morgan fingerprint density at radius 2 is 1.93 bits per heavy atom. The number of amides is 2. The van der Waals surface area contributed by atoms with Crippen LogP contribution in [0.25, 0.3) is 21.5 Å². The molecule has 0 fully saturated rings. The second-order valence-electron chi connectivity index (χ2n) is 6.39. The Labute approximate surface area is 172 Å².